The number of fused-ring (bicyclic) bond motifs is 2. The van der Waals surface area contributed by atoms with E-state index in [1.807, 2.05) is 6.07 Å². The van der Waals surface area contributed by atoms with E-state index < -0.39 is 5.41 Å². The molecule has 0 amide bonds. The molecule has 2 unspecified atom stereocenters. The van der Waals surface area contributed by atoms with Gasteiger partial charge >= 0.3 is 5.97 Å². The molecule has 1 aromatic rings. The summed E-state index contributed by atoms with van der Waals surface area (Å²) in [5, 5.41) is 12.1. The lowest BCUT2D eigenvalue weighted by atomic mass is 9.72. The van der Waals surface area contributed by atoms with Gasteiger partial charge in [0, 0.05) is 31.4 Å². The maximum atomic E-state index is 11.2. The van der Waals surface area contributed by atoms with E-state index in [0.29, 0.717) is 17.9 Å². The smallest absolute Gasteiger partial charge is 0.322 e. The van der Waals surface area contributed by atoms with Gasteiger partial charge in [0.25, 0.3) is 0 Å². The van der Waals surface area contributed by atoms with E-state index in [-0.39, 0.29) is 18.1 Å². The predicted molar refractivity (Wildman–Crippen MR) is 76.2 cm³/mol. The molecular weight excluding hydrogens is 290 g/mol. The number of rotatable bonds is 2. The van der Waals surface area contributed by atoms with Crippen LogP contribution in [0.2, 0.25) is 5.02 Å². The molecular formula is C15H16ClN3O2. The minimum atomic E-state index is -0.597. The molecule has 2 saturated heterocycles. The lowest BCUT2D eigenvalue weighted by Crippen LogP contribution is -2.49. The number of hydrogen-bond acceptors (Lipinski definition) is 5. The Labute approximate surface area is 128 Å². The Hall–Kier alpha value is -1.64. The van der Waals surface area contributed by atoms with Gasteiger partial charge in [0.2, 0.25) is 0 Å². The summed E-state index contributed by atoms with van der Waals surface area (Å²) in [4.78, 5) is 20.6. The Morgan fingerprint density at radius 2 is 2.14 bits per heavy atom. The largest absolute Gasteiger partial charge is 0.368 e. The third kappa shape index (κ3) is 2.50. The van der Waals surface area contributed by atoms with Gasteiger partial charge in [-0.2, -0.15) is 5.26 Å². The van der Waals surface area contributed by atoms with Gasteiger partial charge in [-0.1, -0.05) is 11.6 Å². The number of piperidine rings is 1. The number of nitriles is 1. The number of aromatic nitrogens is 1. The quantitative estimate of drug-likeness (QED) is 0.840. The first-order chi connectivity index (χ1) is 10.0. The summed E-state index contributed by atoms with van der Waals surface area (Å²) in [6.07, 6.45) is 6.43. The first-order valence-corrected chi connectivity index (χ1v) is 7.41. The summed E-state index contributed by atoms with van der Waals surface area (Å²) >= 11 is 6.02. The van der Waals surface area contributed by atoms with E-state index in [0.717, 1.165) is 18.4 Å². The summed E-state index contributed by atoms with van der Waals surface area (Å²) in [5.41, 5.74) is 0.261. The normalized spacial score (nSPS) is 31.7. The van der Waals surface area contributed by atoms with Crippen molar-refractivity contribution in [1.82, 2.24) is 10.0 Å². The molecule has 0 N–H and O–H groups in total. The van der Waals surface area contributed by atoms with E-state index in [2.05, 4.69) is 11.1 Å². The van der Waals surface area contributed by atoms with Crippen molar-refractivity contribution in [2.45, 2.75) is 50.1 Å². The summed E-state index contributed by atoms with van der Waals surface area (Å²) in [7, 11) is 0. The number of hydroxylamine groups is 2. The van der Waals surface area contributed by atoms with E-state index in [4.69, 9.17) is 16.4 Å². The molecule has 1 aromatic heterocycles. The molecule has 5 nitrogen and oxygen atoms in total. The van der Waals surface area contributed by atoms with Crippen molar-refractivity contribution in [2.24, 2.45) is 0 Å². The number of pyridine rings is 1. The summed E-state index contributed by atoms with van der Waals surface area (Å²) < 4.78 is 0. The van der Waals surface area contributed by atoms with Gasteiger partial charge in [0.15, 0.2) is 0 Å². The van der Waals surface area contributed by atoms with Crippen molar-refractivity contribution in [3.63, 3.8) is 0 Å². The highest BCUT2D eigenvalue weighted by atomic mass is 35.5. The van der Waals surface area contributed by atoms with Gasteiger partial charge in [0.1, 0.15) is 0 Å². The van der Waals surface area contributed by atoms with Crippen LogP contribution in [0.3, 0.4) is 0 Å². The first kappa shape index (κ1) is 14.3. The van der Waals surface area contributed by atoms with Crippen LogP contribution in [0, 0.1) is 11.3 Å². The molecule has 6 heteroatoms. The van der Waals surface area contributed by atoms with Gasteiger partial charge in [-0.3, -0.25) is 9.78 Å². The van der Waals surface area contributed by atoms with Crippen molar-refractivity contribution >= 4 is 17.6 Å². The van der Waals surface area contributed by atoms with Crippen molar-refractivity contribution in [1.29, 1.82) is 5.26 Å². The highest BCUT2D eigenvalue weighted by Crippen LogP contribution is 2.47. The lowest BCUT2D eigenvalue weighted by Gasteiger charge is -2.41. The third-order valence-electron chi connectivity index (χ3n) is 4.43. The first-order valence-electron chi connectivity index (χ1n) is 7.03. The van der Waals surface area contributed by atoms with Crippen molar-refractivity contribution in [2.75, 3.05) is 0 Å². The second kappa shape index (κ2) is 5.28. The standard InChI is InChI=1S/C15H16ClN3O2/c1-10(20)21-19-13-2-3-14(19)6-15(5-13,9-17)11-4-12(16)8-18-7-11/h4,7-8,13-14H,2-3,5-6H2,1H3. The molecule has 2 bridgehead atoms. The minimum absolute atomic E-state index is 0.0891. The zero-order valence-electron chi connectivity index (χ0n) is 11.8. The van der Waals surface area contributed by atoms with Gasteiger partial charge in [-0.15, -0.1) is 5.06 Å². The number of carbonyl (C=O) groups is 1. The second-order valence-corrected chi connectivity index (χ2v) is 6.26. The van der Waals surface area contributed by atoms with Crippen molar-refractivity contribution < 1.29 is 9.63 Å². The van der Waals surface area contributed by atoms with E-state index in [1.165, 1.54) is 6.92 Å². The molecule has 2 aliphatic heterocycles. The Balaban J connectivity index is 1.91. The topological polar surface area (TPSA) is 66.2 Å². The Bertz CT molecular complexity index is 599. The third-order valence-corrected chi connectivity index (χ3v) is 4.63. The molecule has 21 heavy (non-hydrogen) atoms. The van der Waals surface area contributed by atoms with E-state index in [1.54, 1.807) is 17.5 Å². The number of hydrogen-bond donors (Lipinski definition) is 0. The van der Waals surface area contributed by atoms with Crippen LogP contribution in [0.4, 0.5) is 0 Å². The number of nitrogens with zero attached hydrogens (tertiary/aromatic N) is 3. The fraction of sp³-hybridized carbons (Fsp3) is 0.533. The molecule has 2 aliphatic rings. The molecule has 3 rings (SSSR count). The molecule has 2 fully saturated rings. The van der Waals surface area contributed by atoms with Gasteiger partial charge < -0.3 is 4.84 Å². The number of carbonyl (C=O) groups excluding carboxylic acids is 1. The van der Waals surface area contributed by atoms with Crippen molar-refractivity contribution in [3.05, 3.63) is 29.0 Å². The molecule has 2 atom stereocenters. The van der Waals surface area contributed by atoms with Crippen LogP contribution >= 0.6 is 11.6 Å². The Morgan fingerprint density at radius 3 is 2.67 bits per heavy atom. The van der Waals surface area contributed by atoms with Crippen LogP contribution in [0.5, 0.6) is 0 Å². The van der Waals surface area contributed by atoms with Gasteiger partial charge in [-0.25, -0.2) is 0 Å². The highest BCUT2D eigenvalue weighted by molar-refractivity contribution is 6.30. The average Bonchev–Trinajstić information content (AvgIpc) is 2.70. The molecule has 0 spiro atoms. The Morgan fingerprint density at radius 1 is 1.48 bits per heavy atom. The van der Waals surface area contributed by atoms with Gasteiger partial charge in [-0.05, 0) is 37.3 Å². The fourth-order valence-corrected chi connectivity index (χ4v) is 3.75. The number of halogens is 1. The SMILES string of the molecule is CC(=O)ON1C2CCC1CC(C#N)(c1cncc(Cl)c1)C2. The molecule has 0 radical (unpaired) electrons. The van der Waals surface area contributed by atoms with Crippen LogP contribution in [0.25, 0.3) is 0 Å². The molecule has 0 aliphatic carbocycles. The van der Waals surface area contributed by atoms with Crippen LogP contribution in [-0.4, -0.2) is 28.1 Å². The van der Waals surface area contributed by atoms with Crippen LogP contribution in [-0.2, 0) is 15.0 Å². The molecule has 110 valence electrons. The minimum Gasteiger partial charge on any atom is -0.368 e. The molecule has 0 saturated carbocycles. The molecule has 3 heterocycles. The molecule has 0 aromatic carbocycles. The lowest BCUT2D eigenvalue weighted by molar-refractivity contribution is -0.212. The Kier molecular flexibility index (Phi) is 3.60. The maximum Gasteiger partial charge on any atom is 0.322 e. The zero-order valence-corrected chi connectivity index (χ0v) is 12.5. The van der Waals surface area contributed by atoms with Crippen LogP contribution in [0.1, 0.15) is 38.2 Å². The fourth-order valence-electron chi connectivity index (χ4n) is 3.57. The van der Waals surface area contributed by atoms with E-state index >= 15 is 0 Å². The highest BCUT2D eigenvalue weighted by Gasteiger charge is 2.51. The zero-order chi connectivity index (χ0) is 15.0. The van der Waals surface area contributed by atoms with E-state index in [9.17, 15) is 10.1 Å². The maximum absolute atomic E-state index is 11.2. The van der Waals surface area contributed by atoms with Crippen molar-refractivity contribution in [3.8, 4) is 6.07 Å². The average molecular weight is 306 g/mol. The second-order valence-electron chi connectivity index (χ2n) is 5.82. The summed E-state index contributed by atoms with van der Waals surface area (Å²) in [6, 6.07) is 4.47. The van der Waals surface area contributed by atoms with Crippen LogP contribution < -0.4 is 0 Å². The monoisotopic (exact) mass is 305 g/mol. The summed E-state index contributed by atoms with van der Waals surface area (Å²) in [6.45, 7) is 1.41. The van der Waals surface area contributed by atoms with Gasteiger partial charge in [0.05, 0.1) is 16.5 Å². The van der Waals surface area contributed by atoms with Crippen LogP contribution in [0.15, 0.2) is 18.5 Å². The predicted octanol–water partition coefficient (Wildman–Crippen LogP) is 2.60. The summed E-state index contributed by atoms with van der Waals surface area (Å²) in [5.74, 6) is -0.305.